The largest absolute Gasteiger partial charge is 0.385 e. The molecular weight excluding hydrogens is 226 g/mol. The lowest BCUT2D eigenvalue weighted by molar-refractivity contribution is 0.0948. The maximum Gasteiger partial charge on any atom is 0.269 e. The van der Waals surface area contributed by atoms with Gasteiger partial charge in [-0.2, -0.15) is 0 Å². The Morgan fingerprint density at radius 1 is 1.44 bits per heavy atom. The highest BCUT2D eigenvalue weighted by atomic mass is 16.1. The molecular formula is C14H21N3O. The van der Waals surface area contributed by atoms with Crippen LogP contribution in [0.3, 0.4) is 0 Å². The number of nitrogens with one attached hydrogen (secondary N) is 2. The molecule has 0 unspecified atom stereocenters. The molecule has 0 spiro atoms. The van der Waals surface area contributed by atoms with Crippen LogP contribution in [0.4, 0.5) is 5.69 Å². The van der Waals surface area contributed by atoms with E-state index in [-0.39, 0.29) is 5.91 Å². The lowest BCUT2D eigenvalue weighted by Gasteiger charge is -2.07. The Labute approximate surface area is 108 Å². The zero-order chi connectivity index (χ0) is 12.8. The normalized spacial score (nSPS) is 14.3. The molecule has 2 rings (SSSR count). The molecule has 1 saturated carbocycles. The lowest BCUT2D eigenvalue weighted by atomic mass is 10.2. The standard InChI is InChI=1S/C14H21N3O/c1-2-7-15-12-6-9-16-13(10-12)14(18)17-8-5-11-3-4-11/h6,9-11H,2-5,7-8H2,1H3,(H,15,16)(H,17,18). The van der Waals surface area contributed by atoms with E-state index in [2.05, 4.69) is 22.5 Å². The van der Waals surface area contributed by atoms with Crippen LogP contribution in [0.2, 0.25) is 0 Å². The van der Waals surface area contributed by atoms with Gasteiger partial charge in [-0.3, -0.25) is 9.78 Å². The van der Waals surface area contributed by atoms with Gasteiger partial charge in [-0.1, -0.05) is 19.8 Å². The molecule has 98 valence electrons. The maximum atomic E-state index is 11.9. The summed E-state index contributed by atoms with van der Waals surface area (Å²) in [4.78, 5) is 16.0. The summed E-state index contributed by atoms with van der Waals surface area (Å²) in [7, 11) is 0. The Bertz CT molecular complexity index is 402. The summed E-state index contributed by atoms with van der Waals surface area (Å²) in [5.74, 6) is 0.770. The molecule has 1 aliphatic carbocycles. The summed E-state index contributed by atoms with van der Waals surface area (Å²) >= 11 is 0. The third-order valence-corrected chi connectivity index (χ3v) is 3.11. The average molecular weight is 247 g/mol. The van der Waals surface area contributed by atoms with Gasteiger partial charge in [0, 0.05) is 25.0 Å². The number of hydrogen-bond donors (Lipinski definition) is 2. The molecule has 0 aromatic carbocycles. The highest BCUT2D eigenvalue weighted by molar-refractivity contribution is 5.93. The molecule has 1 aromatic rings. The Morgan fingerprint density at radius 3 is 3.00 bits per heavy atom. The second-order valence-corrected chi connectivity index (χ2v) is 4.84. The predicted octanol–water partition coefficient (Wildman–Crippen LogP) is 2.43. The molecule has 1 amide bonds. The van der Waals surface area contributed by atoms with Crippen LogP contribution in [0, 0.1) is 5.92 Å². The molecule has 0 saturated heterocycles. The molecule has 1 aromatic heterocycles. The van der Waals surface area contributed by atoms with Crippen molar-refractivity contribution in [3.05, 3.63) is 24.0 Å². The number of amides is 1. The molecule has 1 fully saturated rings. The lowest BCUT2D eigenvalue weighted by Crippen LogP contribution is -2.25. The van der Waals surface area contributed by atoms with Crippen LogP contribution in [-0.2, 0) is 0 Å². The molecule has 1 heterocycles. The van der Waals surface area contributed by atoms with Crippen molar-refractivity contribution in [2.45, 2.75) is 32.6 Å². The van der Waals surface area contributed by atoms with Crippen LogP contribution in [0.15, 0.2) is 18.3 Å². The topological polar surface area (TPSA) is 54.0 Å². The highest BCUT2D eigenvalue weighted by Gasteiger charge is 2.20. The third-order valence-electron chi connectivity index (χ3n) is 3.11. The first-order valence-electron chi connectivity index (χ1n) is 6.77. The number of anilines is 1. The number of aromatic nitrogens is 1. The van der Waals surface area contributed by atoms with Gasteiger partial charge in [0.05, 0.1) is 0 Å². The fourth-order valence-corrected chi connectivity index (χ4v) is 1.82. The van der Waals surface area contributed by atoms with Crippen molar-refractivity contribution in [3.8, 4) is 0 Å². The summed E-state index contributed by atoms with van der Waals surface area (Å²) in [5, 5.41) is 6.18. The highest BCUT2D eigenvalue weighted by Crippen LogP contribution is 2.31. The van der Waals surface area contributed by atoms with Gasteiger partial charge in [0.2, 0.25) is 0 Å². The van der Waals surface area contributed by atoms with Crippen molar-refractivity contribution in [1.29, 1.82) is 0 Å². The number of pyridine rings is 1. The van der Waals surface area contributed by atoms with E-state index in [1.807, 2.05) is 12.1 Å². The zero-order valence-corrected chi connectivity index (χ0v) is 10.9. The van der Waals surface area contributed by atoms with E-state index >= 15 is 0 Å². The van der Waals surface area contributed by atoms with Gasteiger partial charge < -0.3 is 10.6 Å². The van der Waals surface area contributed by atoms with Gasteiger partial charge in [0.25, 0.3) is 5.91 Å². The van der Waals surface area contributed by atoms with Gasteiger partial charge in [-0.25, -0.2) is 0 Å². The first-order chi connectivity index (χ1) is 8.79. The third kappa shape index (κ3) is 4.02. The molecule has 0 aliphatic heterocycles. The summed E-state index contributed by atoms with van der Waals surface area (Å²) in [6.07, 6.45) is 6.48. The smallest absolute Gasteiger partial charge is 0.269 e. The van der Waals surface area contributed by atoms with Gasteiger partial charge >= 0.3 is 0 Å². The second-order valence-electron chi connectivity index (χ2n) is 4.84. The quantitative estimate of drug-likeness (QED) is 0.778. The summed E-state index contributed by atoms with van der Waals surface area (Å²) in [6, 6.07) is 3.69. The fourth-order valence-electron chi connectivity index (χ4n) is 1.82. The van der Waals surface area contributed by atoms with E-state index in [1.165, 1.54) is 12.8 Å². The monoisotopic (exact) mass is 247 g/mol. The van der Waals surface area contributed by atoms with E-state index in [1.54, 1.807) is 6.20 Å². The van der Waals surface area contributed by atoms with Crippen molar-refractivity contribution in [2.75, 3.05) is 18.4 Å². The Morgan fingerprint density at radius 2 is 2.28 bits per heavy atom. The number of hydrogen-bond acceptors (Lipinski definition) is 3. The van der Waals surface area contributed by atoms with Crippen molar-refractivity contribution in [2.24, 2.45) is 5.92 Å². The fraction of sp³-hybridized carbons (Fsp3) is 0.571. The van der Waals surface area contributed by atoms with Crippen molar-refractivity contribution < 1.29 is 4.79 Å². The summed E-state index contributed by atoms with van der Waals surface area (Å²) in [6.45, 7) is 3.78. The maximum absolute atomic E-state index is 11.9. The Kier molecular flexibility index (Phi) is 4.56. The predicted molar refractivity (Wildman–Crippen MR) is 72.7 cm³/mol. The zero-order valence-electron chi connectivity index (χ0n) is 10.9. The van der Waals surface area contributed by atoms with Gasteiger partial charge in [-0.15, -0.1) is 0 Å². The van der Waals surface area contributed by atoms with Gasteiger partial charge in [0.15, 0.2) is 0 Å². The average Bonchev–Trinajstić information content (AvgIpc) is 3.20. The minimum atomic E-state index is -0.0733. The Hall–Kier alpha value is -1.58. The number of rotatable bonds is 7. The molecule has 1 aliphatic rings. The second kappa shape index (κ2) is 6.38. The van der Waals surface area contributed by atoms with Crippen LogP contribution >= 0.6 is 0 Å². The van der Waals surface area contributed by atoms with Crippen LogP contribution < -0.4 is 10.6 Å². The minimum absolute atomic E-state index is 0.0733. The first kappa shape index (κ1) is 12.9. The van der Waals surface area contributed by atoms with E-state index in [4.69, 9.17) is 0 Å². The molecule has 18 heavy (non-hydrogen) atoms. The van der Waals surface area contributed by atoms with Gasteiger partial charge in [-0.05, 0) is 30.9 Å². The van der Waals surface area contributed by atoms with Crippen molar-refractivity contribution in [1.82, 2.24) is 10.3 Å². The minimum Gasteiger partial charge on any atom is -0.385 e. The number of carbonyl (C=O) groups excluding carboxylic acids is 1. The molecule has 0 radical (unpaired) electrons. The van der Waals surface area contributed by atoms with Crippen molar-refractivity contribution >= 4 is 11.6 Å². The van der Waals surface area contributed by atoms with E-state index in [9.17, 15) is 4.79 Å². The van der Waals surface area contributed by atoms with E-state index in [0.717, 1.165) is 37.5 Å². The molecule has 4 heteroatoms. The van der Waals surface area contributed by atoms with Crippen LogP contribution in [0.1, 0.15) is 43.1 Å². The summed E-state index contributed by atoms with van der Waals surface area (Å²) in [5.41, 5.74) is 1.45. The van der Waals surface area contributed by atoms with Gasteiger partial charge in [0.1, 0.15) is 5.69 Å². The van der Waals surface area contributed by atoms with E-state index in [0.29, 0.717) is 5.69 Å². The van der Waals surface area contributed by atoms with Crippen LogP contribution in [0.25, 0.3) is 0 Å². The van der Waals surface area contributed by atoms with Crippen LogP contribution in [0.5, 0.6) is 0 Å². The molecule has 4 nitrogen and oxygen atoms in total. The van der Waals surface area contributed by atoms with Crippen molar-refractivity contribution in [3.63, 3.8) is 0 Å². The Balaban J connectivity index is 1.83. The molecule has 0 atom stereocenters. The molecule has 2 N–H and O–H groups in total. The number of carbonyl (C=O) groups is 1. The van der Waals surface area contributed by atoms with E-state index < -0.39 is 0 Å². The summed E-state index contributed by atoms with van der Waals surface area (Å²) < 4.78 is 0. The molecule has 0 bridgehead atoms. The first-order valence-corrected chi connectivity index (χ1v) is 6.77. The SMILES string of the molecule is CCCNc1ccnc(C(=O)NCCC2CC2)c1. The van der Waals surface area contributed by atoms with Crippen LogP contribution in [-0.4, -0.2) is 24.0 Å². The number of nitrogens with zero attached hydrogens (tertiary/aromatic N) is 1.